The molecule has 3 aromatic carbocycles. The second-order valence-corrected chi connectivity index (χ2v) is 17.2. The SMILES string of the molecule is C[C@]12CC[C@H]3[C@]4(C=C[C@@]5(C=C4C(=O)Cc4c(F)cccc4Cl)CC(O)CC[C@]35C)[C@@H]1CC[C@@]2(O)CN(Cc1ccccc1)C(=O)Nc1ccccc1. The Balaban J connectivity index is 1.18. The molecule has 0 aliphatic heterocycles. The van der Waals surface area contributed by atoms with Gasteiger partial charge in [0.05, 0.1) is 18.2 Å². The highest BCUT2D eigenvalue weighted by Gasteiger charge is 2.74. The van der Waals surface area contributed by atoms with Crippen molar-refractivity contribution in [2.24, 2.45) is 33.5 Å². The maximum absolute atomic E-state index is 15.2. The average Bonchev–Trinajstić information content (AvgIpc) is 3.40. The van der Waals surface area contributed by atoms with Crippen LogP contribution in [0.3, 0.4) is 0 Å². The minimum absolute atomic E-state index is 0.0970. The van der Waals surface area contributed by atoms with E-state index < -0.39 is 33.8 Å². The highest BCUT2D eigenvalue weighted by atomic mass is 35.5. The fourth-order valence-corrected chi connectivity index (χ4v) is 11.9. The van der Waals surface area contributed by atoms with Crippen LogP contribution < -0.4 is 5.32 Å². The first kappa shape index (κ1) is 35.3. The van der Waals surface area contributed by atoms with E-state index in [0.717, 1.165) is 24.8 Å². The van der Waals surface area contributed by atoms with Crippen LogP contribution in [0.4, 0.5) is 14.9 Å². The van der Waals surface area contributed by atoms with Gasteiger partial charge in [0.1, 0.15) is 5.82 Å². The minimum Gasteiger partial charge on any atom is -0.393 e. The predicted octanol–water partition coefficient (Wildman–Crippen LogP) is 8.92. The molecule has 0 heterocycles. The quantitative estimate of drug-likeness (QED) is 0.203. The van der Waals surface area contributed by atoms with Gasteiger partial charge in [0.25, 0.3) is 0 Å². The van der Waals surface area contributed by atoms with E-state index in [9.17, 15) is 19.8 Å². The maximum atomic E-state index is 15.2. The van der Waals surface area contributed by atoms with E-state index in [0.29, 0.717) is 43.5 Å². The molecule has 9 rings (SSSR count). The summed E-state index contributed by atoms with van der Waals surface area (Å²) in [7, 11) is 0. The van der Waals surface area contributed by atoms with Crippen molar-refractivity contribution in [3.05, 3.63) is 125 Å². The topological polar surface area (TPSA) is 89.9 Å². The summed E-state index contributed by atoms with van der Waals surface area (Å²) in [5.74, 6) is -0.668. The molecule has 3 saturated carbocycles. The van der Waals surface area contributed by atoms with Gasteiger partial charge in [-0.2, -0.15) is 0 Å². The Morgan fingerprint density at radius 2 is 1.56 bits per heavy atom. The molecule has 6 nitrogen and oxygen atoms in total. The number of allylic oxidation sites excluding steroid dienone is 4. The molecule has 0 aromatic heterocycles. The Bertz CT molecular complexity index is 1930. The fraction of sp³-hybridized carbons (Fsp3) is 0.455. The third-order valence-corrected chi connectivity index (χ3v) is 14.7. The summed E-state index contributed by atoms with van der Waals surface area (Å²) in [5.41, 5.74) is -0.761. The van der Waals surface area contributed by atoms with E-state index in [1.54, 1.807) is 17.0 Å². The van der Waals surface area contributed by atoms with Gasteiger partial charge in [-0.25, -0.2) is 9.18 Å². The van der Waals surface area contributed by atoms with Gasteiger partial charge in [-0.15, -0.1) is 0 Å². The molecule has 52 heavy (non-hydrogen) atoms. The Hall–Kier alpha value is -3.78. The lowest BCUT2D eigenvalue weighted by molar-refractivity contribution is -0.177. The first-order chi connectivity index (χ1) is 24.8. The molecule has 0 saturated heterocycles. The van der Waals surface area contributed by atoms with Crippen molar-refractivity contribution in [2.75, 3.05) is 11.9 Å². The van der Waals surface area contributed by atoms with Gasteiger partial charge < -0.3 is 20.4 Å². The zero-order chi connectivity index (χ0) is 36.5. The van der Waals surface area contributed by atoms with Crippen LogP contribution in [0.1, 0.15) is 69.9 Å². The van der Waals surface area contributed by atoms with Gasteiger partial charge in [0.15, 0.2) is 5.78 Å². The molecule has 3 fully saturated rings. The van der Waals surface area contributed by atoms with Gasteiger partial charge in [0.2, 0.25) is 0 Å². The third-order valence-electron chi connectivity index (χ3n) is 14.4. The molecule has 2 amide bonds. The van der Waals surface area contributed by atoms with Crippen molar-refractivity contribution in [1.82, 2.24) is 4.90 Å². The number of Topliss-reactive ketones (excluding diaryl/α,β-unsaturated/α-hetero) is 1. The number of hydrogen-bond acceptors (Lipinski definition) is 4. The zero-order valence-corrected chi connectivity index (χ0v) is 30.7. The van der Waals surface area contributed by atoms with Gasteiger partial charge in [-0.3, -0.25) is 4.79 Å². The second-order valence-electron chi connectivity index (χ2n) is 16.7. The number of aliphatic hydroxyl groups excluding tert-OH is 1. The highest BCUT2D eigenvalue weighted by Crippen LogP contribution is 2.78. The van der Waals surface area contributed by atoms with E-state index in [4.69, 9.17) is 11.6 Å². The monoisotopic (exact) mass is 722 g/mol. The first-order valence-corrected chi connectivity index (χ1v) is 19.2. The van der Waals surface area contributed by atoms with E-state index in [-0.39, 0.29) is 52.6 Å². The zero-order valence-electron chi connectivity index (χ0n) is 30.0. The molecule has 1 unspecified atom stereocenters. The van der Waals surface area contributed by atoms with Crippen LogP contribution in [0, 0.1) is 39.3 Å². The number of amides is 2. The molecular formula is C44H48ClFN2O4. The molecule has 3 N–H and O–H groups in total. The molecule has 0 radical (unpaired) electrons. The Labute approximate surface area is 310 Å². The lowest BCUT2D eigenvalue weighted by Gasteiger charge is -2.71. The fourth-order valence-electron chi connectivity index (χ4n) is 11.7. The predicted molar refractivity (Wildman–Crippen MR) is 201 cm³/mol. The lowest BCUT2D eigenvalue weighted by Crippen LogP contribution is -2.67. The number of rotatable bonds is 8. The number of anilines is 1. The number of aliphatic hydroxyl groups is 2. The number of para-hydroxylation sites is 1. The molecule has 8 heteroatoms. The van der Waals surface area contributed by atoms with Crippen molar-refractivity contribution in [2.45, 2.75) is 83.5 Å². The van der Waals surface area contributed by atoms with E-state index in [1.165, 1.54) is 6.07 Å². The van der Waals surface area contributed by atoms with E-state index in [1.807, 2.05) is 60.7 Å². The van der Waals surface area contributed by atoms with Crippen LogP contribution >= 0.6 is 11.6 Å². The molecule has 3 aromatic rings. The normalized spacial score (nSPS) is 35.6. The Morgan fingerprint density at radius 3 is 2.29 bits per heavy atom. The second kappa shape index (κ2) is 12.7. The smallest absolute Gasteiger partial charge is 0.322 e. The van der Waals surface area contributed by atoms with E-state index >= 15 is 4.39 Å². The first-order valence-electron chi connectivity index (χ1n) is 18.8. The summed E-state index contributed by atoms with van der Waals surface area (Å²) < 4.78 is 15.2. The van der Waals surface area contributed by atoms with Gasteiger partial charge in [-0.1, -0.05) is 98.3 Å². The number of carbonyl (C=O) groups is 2. The molecule has 2 spiro atoms. The van der Waals surface area contributed by atoms with Crippen LogP contribution in [-0.2, 0) is 17.8 Å². The summed E-state index contributed by atoms with van der Waals surface area (Å²) in [6, 6.07) is 23.4. The van der Waals surface area contributed by atoms with Gasteiger partial charge in [0, 0.05) is 51.1 Å². The summed E-state index contributed by atoms with van der Waals surface area (Å²) in [5, 5.41) is 27.3. The van der Waals surface area contributed by atoms with Crippen molar-refractivity contribution in [3.8, 4) is 0 Å². The summed E-state index contributed by atoms with van der Waals surface area (Å²) in [6.45, 7) is 4.96. The Kier molecular flexibility index (Phi) is 8.59. The van der Waals surface area contributed by atoms with Gasteiger partial charge >= 0.3 is 6.03 Å². The summed E-state index contributed by atoms with van der Waals surface area (Å²) in [6.07, 6.45) is 10.8. The largest absolute Gasteiger partial charge is 0.393 e. The molecule has 6 aliphatic carbocycles. The number of urea groups is 1. The molecule has 272 valence electrons. The summed E-state index contributed by atoms with van der Waals surface area (Å²) >= 11 is 6.48. The highest BCUT2D eigenvalue weighted by molar-refractivity contribution is 6.31. The van der Waals surface area contributed by atoms with Crippen molar-refractivity contribution in [3.63, 3.8) is 0 Å². The van der Waals surface area contributed by atoms with E-state index in [2.05, 4.69) is 37.4 Å². The number of halogens is 2. The summed E-state index contributed by atoms with van der Waals surface area (Å²) in [4.78, 5) is 30.5. The molecule has 6 aliphatic rings. The average molecular weight is 723 g/mol. The van der Waals surface area contributed by atoms with Crippen LogP contribution in [0.5, 0.6) is 0 Å². The number of nitrogens with one attached hydrogen (secondary N) is 1. The van der Waals surface area contributed by atoms with Crippen molar-refractivity contribution < 1.29 is 24.2 Å². The maximum Gasteiger partial charge on any atom is 0.322 e. The standard InChI is InChI=1S/C44H48ClFN2O4/c1-40-19-16-31(49)25-42(40)22-23-44(33(26-42)36(50)24-32-34(45)14-9-15-35(32)46)37(40)17-20-41(2)38(44)18-21-43(41,52)28-48(27-29-10-5-3-6-11-29)39(51)47-30-12-7-4-8-13-30/h3-15,22-23,26,31,37-38,49,52H,16-21,24-25,27-28H2,1-2H3,(H,47,51)/t31?,37-,38-,40-,41+,42+,43-,44-/m1/s1. The van der Waals surface area contributed by atoms with Gasteiger partial charge in [-0.05, 0) is 92.0 Å². The lowest BCUT2D eigenvalue weighted by atomic mass is 9.32. The van der Waals surface area contributed by atoms with Crippen molar-refractivity contribution in [1.29, 1.82) is 0 Å². The van der Waals surface area contributed by atoms with Crippen molar-refractivity contribution >= 4 is 29.1 Å². The molecular weight excluding hydrogens is 675 g/mol. The third kappa shape index (κ3) is 5.25. The number of benzene rings is 3. The van der Waals surface area contributed by atoms with Crippen LogP contribution in [0.15, 0.2) is 103 Å². The van der Waals surface area contributed by atoms with Crippen LogP contribution in [0.25, 0.3) is 0 Å². The molecule has 2 bridgehead atoms. The van der Waals surface area contributed by atoms with Crippen LogP contribution in [0.2, 0.25) is 5.02 Å². The molecule has 8 atom stereocenters. The Morgan fingerprint density at radius 1 is 0.885 bits per heavy atom. The van der Waals surface area contributed by atoms with Crippen LogP contribution in [-0.4, -0.2) is 45.2 Å². The number of nitrogens with zero attached hydrogens (tertiary/aromatic N) is 1. The number of ketones is 1. The number of hydrogen-bond donors (Lipinski definition) is 3. The number of fused-ring (bicyclic) bond motifs is 1. The minimum atomic E-state index is -1.24. The number of carbonyl (C=O) groups excluding carboxylic acids is 2.